The summed E-state index contributed by atoms with van der Waals surface area (Å²) in [4.78, 5) is 18.8. The van der Waals surface area contributed by atoms with Crippen molar-refractivity contribution >= 4 is 28.5 Å². The van der Waals surface area contributed by atoms with Crippen molar-refractivity contribution in [2.75, 3.05) is 23.8 Å². The van der Waals surface area contributed by atoms with Crippen molar-refractivity contribution in [3.8, 4) is 0 Å². The molecule has 0 bridgehead atoms. The van der Waals surface area contributed by atoms with Crippen LogP contribution >= 0.6 is 0 Å². The Hall–Kier alpha value is -3.02. The van der Waals surface area contributed by atoms with Gasteiger partial charge >= 0.3 is 6.09 Å². The lowest BCUT2D eigenvalue weighted by Gasteiger charge is -2.07. The average Bonchev–Trinajstić information content (AvgIpc) is 3.00. The lowest BCUT2D eigenvalue weighted by atomic mass is 10.1. The van der Waals surface area contributed by atoms with E-state index in [9.17, 15) is 4.79 Å². The number of carbonyl (C=O) groups is 1. The van der Waals surface area contributed by atoms with E-state index in [4.69, 9.17) is 4.74 Å². The number of carbonyl (C=O) groups excluding carboxylic acids is 1. The molecule has 6 nitrogen and oxygen atoms in total. The van der Waals surface area contributed by atoms with Gasteiger partial charge in [-0.05, 0) is 37.1 Å². The van der Waals surface area contributed by atoms with Crippen molar-refractivity contribution in [3.63, 3.8) is 0 Å². The van der Waals surface area contributed by atoms with Crippen molar-refractivity contribution in [2.45, 2.75) is 13.3 Å². The standard InChI is InChI=1S/C18H20N4O2/c1-2-24-18(23)22-17-8-7-14(12-21-17)19-10-9-13-11-20-16-6-4-3-5-15(13)16/h3-8,11-12,19-20H,2,9-10H2,1H3,(H,21,22,23). The van der Waals surface area contributed by atoms with E-state index in [1.165, 1.54) is 10.9 Å². The number of pyridine rings is 1. The van der Waals surface area contributed by atoms with Gasteiger partial charge in [0.15, 0.2) is 0 Å². The monoisotopic (exact) mass is 324 g/mol. The number of aromatic nitrogens is 2. The summed E-state index contributed by atoms with van der Waals surface area (Å²) in [5.41, 5.74) is 3.35. The van der Waals surface area contributed by atoms with Gasteiger partial charge < -0.3 is 15.0 Å². The first-order valence-electron chi connectivity index (χ1n) is 7.95. The van der Waals surface area contributed by atoms with E-state index in [2.05, 4.69) is 38.9 Å². The largest absolute Gasteiger partial charge is 0.450 e. The Balaban J connectivity index is 1.52. The molecular weight excluding hydrogens is 304 g/mol. The fourth-order valence-corrected chi connectivity index (χ4v) is 2.52. The first-order chi connectivity index (χ1) is 11.8. The maximum absolute atomic E-state index is 11.3. The lowest BCUT2D eigenvalue weighted by Crippen LogP contribution is -2.14. The van der Waals surface area contributed by atoms with Gasteiger partial charge in [0, 0.05) is 23.6 Å². The number of anilines is 2. The Labute approximate surface area is 140 Å². The van der Waals surface area contributed by atoms with Gasteiger partial charge in [-0.3, -0.25) is 5.32 Å². The van der Waals surface area contributed by atoms with Crippen LogP contribution in [0.5, 0.6) is 0 Å². The highest BCUT2D eigenvalue weighted by atomic mass is 16.5. The summed E-state index contributed by atoms with van der Waals surface area (Å²) in [5, 5.41) is 7.15. The Morgan fingerprint density at radius 1 is 1.25 bits per heavy atom. The summed E-state index contributed by atoms with van der Waals surface area (Å²) < 4.78 is 4.81. The SMILES string of the molecule is CCOC(=O)Nc1ccc(NCCc2c[nH]c3ccccc23)cn1. The molecule has 0 saturated heterocycles. The van der Waals surface area contributed by atoms with Gasteiger partial charge in [0.25, 0.3) is 0 Å². The van der Waals surface area contributed by atoms with Crippen molar-refractivity contribution < 1.29 is 9.53 Å². The Morgan fingerprint density at radius 2 is 2.12 bits per heavy atom. The number of benzene rings is 1. The summed E-state index contributed by atoms with van der Waals surface area (Å²) >= 11 is 0. The van der Waals surface area contributed by atoms with Gasteiger partial charge in [-0.15, -0.1) is 0 Å². The molecule has 124 valence electrons. The van der Waals surface area contributed by atoms with Crippen LogP contribution in [0.15, 0.2) is 48.8 Å². The number of para-hydroxylation sites is 1. The van der Waals surface area contributed by atoms with Crippen LogP contribution in [0.2, 0.25) is 0 Å². The summed E-state index contributed by atoms with van der Waals surface area (Å²) in [7, 11) is 0. The van der Waals surface area contributed by atoms with E-state index in [0.29, 0.717) is 12.4 Å². The van der Waals surface area contributed by atoms with E-state index >= 15 is 0 Å². The van der Waals surface area contributed by atoms with Crippen LogP contribution in [0.3, 0.4) is 0 Å². The summed E-state index contributed by atoms with van der Waals surface area (Å²) in [5.74, 6) is 0.468. The molecule has 0 atom stereocenters. The third kappa shape index (κ3) is 3.84. The third-order valence-corrected chi connectivity index (χ3v) is 3.67. The molecule has 24 heavy (non-hydrogen) atoms. The topological polar surface area (TPSA) is 79.0 Å². The number of nitrogens with one attached hydrogen (secondary N) is 3. The molecule has 3 N–H and O–H groups in total. The van der Waals surface area contributed by atoms with Gasteiger partial charge in [0.2, 0.25) is 0 Å². The van der Waals surface area contributed by atoms with Crippen molar-refractivity contribution in [1.29, 1.82) is 0 Å². The highest BCUT2D eigenvalue weighted by Crippen LogP contribution is 2.18. The smallest absolute Gasteiger partial charge is 0.412 e. The van der Waals surface area contributed by atoms with Crippen LogP contribution in [-0.2, 0) is 11.2 Å². The Kier molecular flexibility index (Phi) is 4.96. The fourth-order valence-electron chi connectivity index (χ4n) is 2.52. The van der Waals surface area contributed by atoms with Crippen LogP contribution in [0, 0.1) is 0 Å². The molecule has 2 heterocycles. The Bertz CT molecular complexity index is 811. The van der Waals surface area contributed by atoms with Gasteiger partial charge in [-0.2, -0.15) is 0 Å². The van der Waals surface area contributed by atoms with E-state index < -0.39 is 6.09 Å². The van der Waals surface area contributed by atoms with Crippen LogP contribution in [0.1, 0.15) is 12.5 Å². The molecule has 2 aromatic heterocycles. The maximum Gasteiger partial charge on any atom is 0.412 e. The van der Waals surface area contributed by atoms with Crippen LogP contribution in [0.4, 0.5) is 16.3 Å². The zero-order valence-electron chi connectivity index (χ0n) is 13.5. The summed E-state index contributed by atoms with van der Waals surface area (Å²) in [6.45, 7) is 2.89. The van der Waals surface area contributed by atoms with Crippen LogP contribution < -0.4 is 10.6 Å². The number of ether oxygens (including phenoxy) is 1. The van der Waals surface area contributed by atoms with Gasteiger partial charge in [-0.25, -0.2) is 9.78 Å². The molecule has 0 aliphatic heterocycles. The molecule has 3 rings (SSSR count). The summed E-state index contributed by atoms with van der Waals surface area (Å²) in [6, 6.07) is 11.9. The van der Waals surface area contributed by atoms with Crippen LogP contribution in [-0.4, -0.2) is 29.2 Å². The average molecular weight is 324 g/mol. The number of hydrogen-bond acceptors (Lipinski definition) is 4. The molecule has 1 amide bonds. The first-order valence-corrected chi connectivity index (χ1v) is 7.95. The van der Waals surface area contributed by atoms with Gasteiger partial charge in [0.05, 0.1) is 18.5 Å². The predicted molar refractivity (Wildman–Crippen MR) is 95.4 cm³/mol. The van der Waals surface area contributed by atoms with Crippen molar-refractivity contribution in [1.82, 2.24) is 9.97 Å². The zero-order valence-corrected chi connectivity index (χ0v) is 13.5. The minimum atomic E-state index is -0.495. The quantitative estimate of drug-likeness (QED) is 0.644. The molecule has 0 aliphatic carbocycles. The maximum atomic E-state index is 11.3. The highest BCUT2D eigenvalue weighted by Gasteiger charge is 2.04. The number of aromatic amines is 1. The van der Waals surface area contributed by atoms with Gasteiger partial charge in [-0.1, -0.05) is 18.2 Å². The number of H-pyrrole nitrogens is 1. The number of amides is 1. The predicted octanol–water partition coefficient (Wildman–Crippen LogP) is 3.79. The molecule has 0 saturated carbocycles. The molecule has 0 unspecified atom stereocenters. The number of hydrogen-bond donors (Lipinski definition) is 3. The van der Waals surface area contributed by atoms with Crippen LogP contribution in [0.25, 0.3) is 10.9 Å². The number of rotatable bonds is 6. The molecule has 0 aliphatic rings. The highest BCUT2D eigenvalue weighted by molar-refractivity contribution is 5.83. The third-order valence-electron chi connectivity index (χ3n) is 3.67. The van der Waals surface area contributed by atoms with Gasteiger partial charge in [0.1, 0.15) is 5.82 Å². The lowest BCUT2D eigenvalue weighted by molar-refractivity contribution is 0.168. The molecular formula is C18H20N4O2. The van der Waals surface area contributed by atoms with E-state index in [1.54, 1.807) is 19.2 Å². The molecule has 0 radical (unpaired) electrons. The minimum Gasteiger partial charge on any atom is -0.450 e. The molecule has 1 aromatic carbocycles. The summed E-state index contributed by atoms with van der Waals surface area (Å²) in [6.07, 6.45) is 4.16. The molecule has 3 aromatic rings. The second kappa shape index (κ2) is 7.50. The first kappa shape index (κ1) is 15.9. The number of fused-ring (bicyclic) bond motifs is 1. The minimum absolute atomic E-state index is 0.333. The van der Waals surface area contributed by atoms with E-state index in [0.717, 1.165) is 24.2 Å². The van der Waals surface area contributed by atoms with E-state index in [1.807, 2.05) is 18.2 Å². The normalized spacial score (nSPS) is 10.5. The Morgan fingerprint density at radius 3 is 2.92 bits per heavy atom. The number of nitrogens with zero attached hydrogens (tertiary/aromatic N) is 1. The molecule has 6 heteroatoms. The zero-order chi connectivity index (χ0) is 16.8. The molecule has 0 fully saturated rings. The van der Waals surface area contributed by atoms with Crippen molar-refractivity contribution in [3.05, 3.63) is 54.4 Å². The second-order valence-electron chi connectivity index (χ2n) is 5.31. The van der Waals surface area contributed by atoms with Crippen molar-refractivity contribution in [2.24, 2.45) is 0 Å². The van der Waals surface area contributed by atoms with E-state index in [-0.39, 0.29) is 0 Å². The molecule has 0 spiro atoms. The second-order valence-corrected chi connectivity index (χ2v) is 5.31. The fraction of sp³-hybridized carbons (Fsp3) is 0.222.